The molecule has 1 heterocycles. The van der Waals surface area contributed by atoms with Gasteiger partial charge in [-0.15, -0.1) is 0 Å². The van der Waals surface area contributed by atoms with Crippen LogP contribution in [-0.4, -0.2) is 20.3 Å². The molecule has 0 atom stereocenters. The van der Waals surface area contributed by atoms with E-state index in [1.54, 1.807) is 0 Å². The molecular formula is C13H19BO2. The molecule has 1 saturated heterocycles. The van der Waals surface area contributed by atoms with E-state index in [4.69, 9.17) is 9.31 Å². The molecule has 0 radical (unpaired) electrons. The van der Waals surface area contributed by atoms with Crippen molar-refractivity contribution in [2.45, 2.75) is 27.7 Å². The molecule has 3 heteroatoms. The first-order valence-corrected chi connectivity index (χ1v) is 5.78. The Morgan fingerprint density at radius 2 is 1.50 bits per heavy atom. The van der Waals surface area contributed by atoms with Gasteiger partial charge >= 0.3 is 7.12 Å². The quantitative estimate of drug-likeness (QED) is 0.672. The van der Waals surface area contributed by atoms with E-state index in [2.05, 4.69) is 45.9 Å². The highest BCUT2D eigenvalue weighted by Crippen LogP contribution is 2.21. The van der Waals surface area contributed by atoms with Gasteiger partial charge in [0.1, 0.15) is 0 Å². The number of aryl methyl sites for hydroxylation is 2. The van der Waals surface area contributed by atoms with Gasteiger partial charge in [-0.3, -0.25) is 0 Å². The molecule has 2 nitrogen and oxygen atoms in total. The molecule has 1 fully saturated rings. The van der Waals surface area contributed by atoms with Crippen LogP contribution in [0, 0.1) is 19.3 Å². The van der Waals surface area contributed by atoms with Crippen molar-refractivity contribution in [3.05, 3.63) is 29.3 Å². The highest BCUT2D eigenvalue weighted by molar-refractivity contribution is 6.61. The molecule has 1 aliphatic rings. The number of hydrogen-bond acceptors (Lipinski definition) is 2. The van der Waals surface area contributed by atoms with E-state index in [1.807, 2.05) is 0 Å². The van der Waals surface area contributed by atoms with E-state index in [9.17, 15) is 0 Å². The lowest BCUT2D eigenvalue weighted by atomic mass is 9.75. The van der Waals surface area contributed by atoms with Gasteiger partial charge in [0.05, 0.1) is 0 Å². The zero-order valence-corrected chi connectivity index (χ0v) is 10.5. The minimum Gasteiger partial charge on any atom is -0.407 e. The largest absolute Gasteiger partial charge is 0.493 e. The Labute approximate surface area is 98.1 Å². The van der Waals surface area contributed by atoms with E-state index in [0.29, 0.717) is 0 Å². The van der Waals surface area contributed by atoms with Gasteiger partial charge < -0.3 is 9.31 Å². The van der Waals surface area contributed by atoms with Crippen molar-refractivity contribution in [2.75, 3.05) is 13.2 Å². The van der Waals surface area contributed by atoms with Crippen LogP contribution in [0.4, 0.5) is 0 Å². The molecule has 1 aromatic carbocycles. The monoisotopic (exact) mass is 218 g/mol. The SMILES string of the molecule is Cc1cc(C)cc(B2OCC(C)(C)CO2)c1. The summed E-state index contributed by atoms with van der Waals surface area (Å²) in [6.45, 7) is 10.0. The van der Waals surface area contributed by atoms with Gasteiger partial charge in [-0.05, 0) is 19.3 Å². The van der Waals surface area contributed by atoms with Crippen LogP contribution in [0.25, 0.3) is 0 Å². The summed E-state index contributed by atoms with van der Waals surface area (Å²) in [5, 5.41) is 0. The van der Waals surface area contributed by atoms with Crippen LogP contribution in [0.5, 0.6) is 0 Å². The fourth-order valence-electron chi connectivity index (χ4n) is 2.03. The lowest BCUT2D eigenvalue weighted by Gasteiger charge is -2.33. The summed E-state index contributed by atoms with van der Waals surface area (Å²) in [5.41, 5.74) is 3.78. The maximum Gasteiger partial charge on any atom is 0.493 e. The molecule has 0 aliphatic carbocycles. The second kappa shape index (κ2) is 4.23. The van der Waals surface area contributed by atoms with Gasteiger partial charge in [-0.25, -0.2) is 0 Å². The molecule has 1 aromatic rings. The summed E-state index contributed by atoms with van der Waals surface area (Å²) in [6, 6.07) is 6.43. The van der Waals surface area contributed by atoms with Crippen molar-refractivity contribution >= 4 is 12.6 Å². The molecule has 0 bridgehead atoms. The fraction of sp³-hybridized carbons (Fsp3) is 0.538. The van der Waals surface area contributed by atoms with E-state index in [0.717, 1.165) is 18.7 Å². The van der Waals surface area contributed by atoms with Gasteiger partial charge in [0.25, 0.3) is 0 Å². The van der Waals surface area contributed by atoms with E-state index < -0.39 is 0 Å². The molecule has 0 N–H and O–H groups in total. The number of hydrogen-bond donors (Lipinski definition) is 0. The van der Waals surface area contributed by atoms with Crippen molar-refractivity contribution < 1.29 is 9.31 Å². The Balaban J connectivity index is 2.14. The van der Waals surface area contributed by atoms with Crippen LogP contribution < -0.4 is 5.46 Å². The van der Waals surface area contributed by atoms with Crippen LogP contribution in [0.15, 0.2) is 18.2 Å². The highest BCUT2D eigenvalue weighted by Gasteiger charge is 2.33. The van der Waals surface area contributed by atoms with Crippen LogP contribution >= 0.6 is 0 Å². The average molecular weight is 218 g/mol. The van der Waals surface area contributed by atoms with Gasteiger partial charge in [0, 0.05) is 18.6 Å². The maximum atomic E-state index is 5.77. The second-order valence-corrected chi connectivity index (χ2v) is 5.54. The van der Waals surface area contributed by atoms with Crippen molar-refractivity contribution in [1.29, 1.82) is 0 Å². The Bertz CT molecular complexity index is 357. The number of rotatable bonds is 1. The van der Waals surface area contributed by atoms with Crippen molar-refractivity contribution in [1.82, 2.24) is 0 Å². The standard InChI is InChI=1S/C13H19BO2/c1-10-5-11(2)7-12(6-10)14-15-8-13(3,4)9-16-14/h5-7H,8-9H2,1-4H3. The summed E-state index contributed by atoms with van der Waals surface area (Å²) in [4.78, 5) is 0. The third kappa shape index (κ3) is 2.66. The molecule has 0 spiro atoms. The van der Waals surface area contributed by atoms with Crippen molar-refractivity contribution in [3.63, 3.8) is 0 Å². The molecule has 0 amide bonds. The first kappa shape index (κ1) is 11.7. The van der Waals surface area contributed by atoms with Crippen molar-refractivity contribution in [3.8, 4) is 0 Å². The summed E-state index contributed by atoms with van der Waals surface area (Å²) in [7, 11) is -0.188. The highest BCUT2D eigenvalue weighted by atomic mass is 16.6. The minimum atomic E-state index is -0.188. The first-order chi connectivity index (χ1) is 7.46. The maximum absolute atomic E-state index is 5.77. The Kier molecular flexibility index (Phi) is 3.09. The smallest absolute Gasteiger partial charge is 0.407 e. The molecule has 2 rings (SSSR count). The molecule has 0 saturated carbocycles. The Morgan fingerprint density at radius 1 is 1.00 bits per heavy atom. The zero-order chi connectivity index (χ0) is 11.8. The fourth-order valence-corrected chi connectivity index (χ4v) is 2.03. The van der Waals surface area contributed by atoms with E-state index >= 15 is 0 Å². The summed E-state index contributed by atoms with van der Waals surface area (Å²) >= 11 is 0. The van der Waals surface area contributed by atoms with Gasteiger partial charge in [-0.2, -0.15) is 0 Å². The normalized spacial score (nSPS) is 19.9. The average Bonchev–Trinajstić information content (AvgIpc) is 2.15. The minimum absolute atomic E-state index is 0.134. The van der Waals surface area contributed by atoms with Crippen molar-refractivity contribution in [2.24, 2.45) is 5.41 Å². The lowest BCUT2D eigenvalue weighted by Crippen LogP contribution is -2.47. The van der Waals surface area contributed by atoms with Crippen LogP contribution in [0.1, 0.15) is 25.0 Å². The van der Waals surface area contributed by atoms with Gasteiger partial charge in [0.2, 0.25) is 0 Å². The predicted octanol–water partition coefficient (Wildman–Crippen LogP) is 2.07. The van der Waals surface area contributed by atoms with Crippen LogP contribution in [-0.2, 0) is 9.31 Å². The van der Waals surface area contributed by atoms with Gasteiger partial charge in [-0.1, -0.05) is 43.2 Å². The van der Waals surface area contributed by atoms with Gasteiger partial charge in [0.15, 0.2) is 0 Å². The summed E-state index contributed by atoms with van der Waals surface area (Å²) in [6.07, 6.45) is 0. The molecule has 16 heavy (non-hydrogen) atoms. The zero-order valence-electron chi connectivity index (χ0n) is 10.5. The predicted molar refractivity (Wildman–Crippen MR) is 67.0 cm³/mol. The lowest BCUT2D eigenvalue weighted by molar-refractivity contribution is 0.0343. The summed E-state index contributed by atoms with van der Waals surface area (Å²) < 4.78 is 11.5. The molecule has 86 valence electrons. The topological polar surface area (TPSA) is 18.5 Å². The second-order valence-electron chi connectivity index (χ2n) is 5.54. The molecule has 0 unspecified atom stereocenters. The number of benzene rings is 1. The molecular weight excluding hydrogens is 199 g/mol. The van der Waals surface area contributed by atoms with Crippen LogP contribution in [0.2, 0.25) is 0 Å². The molecule has 0 aromatic heterocycles. The molecule has 1 aliphatic heterocycles. The first-order valence-electron chi connectivity index (χ1n) is 5.78. The Morgan fingerprint density at radius 3 is 2.00 bits per heavy atom. The Hall–Kier alpha value is -0.795. The third-order valence-corrected chi connectivity index (χ3v) is 2.77. The van der Waals surface area contributed by atoms with E-state index in [1.165, 1.54) is 11.1 Å². The van der Waals surface area contributed by atoms with Crippen LogP contribution in [0.3, 0.4) is 0 Å². The summed E-state index contributed by atoms with van der Waals surface area (Å²) in [5.74, 6) is 0. The third-order valence-electron chi connectivity index (χ3n) is 2.77. The van der Waals surface area contributed by atoms with E-state index in [-0.39, 0.29) is 12.5 Å².